The van der Waals surface area contributed by atoms with Gasteiger partial charge >= 0.3 is 0 Å². The smallest absolute Gasteiger partial charge is 0.121 e. The van der Waals surface area contributed by atoms with Crippen molar-refractivity contribution in [1.29, 1.82) is 5.26 Å². The highest BCUT2D eigenvalue weighted by Crippen LogP contribution is 2.21. The zero-order valence-electron chi connectivity index (χ0n) is 7.79. The molecule has 0 aliphatic heterocycles. The lowest BCUT2D eigenvalue weighted by molar-refractivity contribution is 0.415. The summed E-state index contributed by atoms with van der Waals surface area (Å²) in [6, 6.07) is 7.46. The molecule has 1 N–H and O–H groups in total. The first-order valence-electron chi connectivity index (χ1n) is 4.13. The molecule has 68 valence electrons. The van der Waals surface area contributed by atoms with E-state index in [1.807, 2.05) is 13.0 Å². The number of hydrogen-bond acceptors (Lipinski definition) is 3. The van der Waals surface area contributed by atoms with Gasteiger partial charge in [0.1, 0.15) is 11.8 Å². The van der Waals surface area contributed by atoms with Crippen molar-refractivity contribution in [2.45, 2.75) is 6.92 Å². The van der Waals surface area contributed by atoms with Crippen molar-refractivity contribution in [3.63, 3.8) is 0 Å². The van der Waals surface area contributed by atoms with Gasteiger partial charge in [-0.25, -0.2) is 0 Å². The summed E-state index contributed by atoms with van der Waals surface area (Å²) < 4.78 is 5.05. The fraction of sp³-hybridized carbons (Fsp3) is 0.300. The van der Waals surface area contributed by atoms with Crippen molar-refractivity contribution in [3.8, 4) is 11.8 Å². The molecular weight excluding hydrogens is 164 g/mol. The Labute approximate surface area is 77.9 Å². The SMILES string of the molecule is CCNc1cc(OC)ccc1C#N. The van der Waals surface area contributed by atoms with Crippen LogP contribution in [-0.4, -0.2) is 13.7 Å². The van der Waals surface area contributed by atoms with Gasteiger partial charge in [-0.15, -0.1) is 0 Å². The highest BCUT2D eigenvalue weighted by molar-refractivity contribution is 5.60. The zero-order chi connectivity index (χ0) is 9.68. The average Bonchev–Trinajstić information content (AvgIpc) is 2.18. The summed E-state index contributed by atoms with van der Waals surface area (Å²) in [4.78, 5) is 0. The Balaban J connectivity index is 3.04. The molecule has 0 heterocycles. The predicted molar refractivity (Wildman–Crippen MR) is 51.9 cm³/mol. The van der Waals surface area contributed by atoms with Crippen molar-refractivity contribution in [3.05, 3.63) is 23.8 Å². The maximum Gasteiger partial charge on any atom is 0.121 e. The van der Waals surface area contributed by atoms with Crippen molar-refractivity contribution in [2.24, 2.45) is 0 Å². The Bertz CT molecular complexity index is 328. The van der Waals surface area contributed by atoms with Crippen LogP contribution in [0.2, 0.25) is 0 Å². The number of ether oxygens (including phenoxy) is 1. The van der Waals surface area contributed by atoms with E-state index in [-0.39, 0.29) is 0 Å². The number of hydrogen-bond donors (Lipinski definition) is 1. The van der Waals surface area contributed by atoms with Gasteiger partial charge in [0.15, 0.2) is 0 Å². The highest BCUT2D eigenvalue weighted by Gasteiger charge is 2.01. The van der Waals surface area contributed by atoms with Crippen LogP contribution >= 0.6 is 0 Å². The van der Waals surface area contributed by atoms with E-state index in [0.717, 1.165) is 18.0 Å². The summed E-state index contributed by atoms with van der Waals surface area (Å²) in [5, 5.41) is 11.9. The molecule has 1 aromatic carbocycles. The van der Waals surface area contributed by atoms with Crippen LogP contribution in [-0.2, 0) is 0 Å². The average molecular weight is 176 g/mol. The molecule has 0 aliphatic rings. The third-order valence-corrected chi connectivity index (χ3v) is 1.71. The van der Waals surface area contributed by atoms with Crippen LogP contribution < -0.4 is 10.1 Å². The molecule has 0 spiro atoms. The summed E-state index contributed by atoms with van der Waals surface area (Å²) in [5.41, 5.74) is 1.46. The molecular formula is C10H12N2O. The third kappa shape index (κ3) is 2.12. The third-order valence-electron chi connectivity index (χ3n) is 1.71. The second kappa shape index (κ2) is 4.36. The molecule has 0 unspecified atom stereocenters. The minimum Gasteiger partial charge on any atom is -0.497 e. The Morgan fingerprint density at radius 1 is 1.54 bits per heavy atom. The van der Waals surface area contributed by atoms with Crippen LogP contribution in [0, 0.1) is 11.3 Å². The van der Waals surface area contributed by atoms with Crippen LogP contribution in [0.25, 0.3) is 0 Å². The lowest BCUT2D eigenvalue weighted by Crippen LogP contribution is -1.99. The molecule has 0 fully saturated rings. The number of nitrogens with one attached hydrogen (secondary N) is 1. The number of rotatable bonds is 3. The van der Waals surface area contributed by atoms with E-state index in [9.17, 15) is 0 Å². The second-order valence-corrected chi connectivity index (χ2v) is 2.55. The quantitative estimate of drug-likeness (QED) is 0.766. The Kier molecular flexibility index (Phi) is 3.15. The maximum absolute atomic E-state index is 8.78. The van der Waals surface area contributed by atoms with E-state index in [0.29, 0.717) is 5.56 Å². The fourth-order valence-electron chi connectivity index (χ4n) is 1.08. The molecule has 0 atom stereocenters. The van der Waals surface area contributed by atoms with Crippen LogP contribution in [0.1, 0.15) is 12.5 Å². The molecule has 0 bridgehead atoms. The molecule has 0 amide bonds. The van der Waals surface area contributed by atoms with Gasteiger partial charge in [0, 0.05) is 12.6 Å². The highest BCUT2D eigenvalue weighted by atomic mass is 16.5. The van der Waals surface area contributed by atoms with Crippen molar-refractivity contribution in [1.82, 2.24) is 0 Å². The summed E-state index contributed by atoms with van der Waals surface area (Å²) in [6.45, 7) is 2.78. The van der Waals surface area contributed by atoms with Gasteiger partial charge < -0.3 is 10.1 Å². The first-order valence-corrected chi connectivity index (χ1v) is 4.13. The number of benzene rings is 1. The minimum atomic E-state index is 0.641. The van der Waals surface area contributed by atoms with Crippen LogP contribution in [0.4, 0.5) is 5.69 Å². The van der Waals surface area contributed by atoms with Gasteiger partial charge in [0.05, 0.1) is 18.4 Å². The number of methoxy groups -OCH3 is 1. The van der Waals surface area contributed by atoms with E-state index < -0.39 is 0 Å². The van der Waals surface area contributed by atoms with Crippen LogP contribution in [0.3, 0.4) is 0 Å². The molecule has 3 nitrogen and oxygen atoms in total. The van der Waals surface area contributed by atoms with Gasteiger partial charge in [-0.1, -0.05) is 0 Å². The molecule has 0 radical (unpaired) electrons. The Morgan fingerprint density at radius 3 is 2.85 bits per heavy atom. The molecule has 0 aliphatic carbocycles. The largest absolute Gasteiger partial charge is 0.497 e. The first kappa shape index (κ1) is 9.40. The number of anilines is 1. The molecule has 0 saturated carbocycles. The normalized spacial score (nSPS) is 9.00. The molecule has 1 aromatic rings. The van der Waals surface area contributed by atoms with Crippen molar-refractivity contribution in [2.75, 3.05) is 19.0 Å². The molecule has 1 rings (SSSR count). The number of nitrogens with zero attached hydrogens (tertiary/aromatic N) is 1. The van der Waals surface area contributed by atoms with E-state index in [4.69, 9.17) is 10.00 Å². The van der Waals surface area contributed by atoms with E-state index in [1.165, 1.54) is 0 Å². The lowest BCUT2D eigenvalue weighted by Gasteiger charge is -2.07. The minimum absolute atomic E-state index is 0.641. The van der Waals surface area contributed by atoms with Crippen molar-refractivity contribution >= 4 is 5.69 Å². The zero-order valence-corrected chi connectivity index (χ0v) is 7.79. The first-order chi connectivity index (χ1) is 6.31. The van der Waals surface area contributed by atoms with Gasteiger partial charge in [0.2, 0.25) is 0 Å². The predicted octanol–water partition coefficient (Wildman–Crippen LogP) is 2.00. The van der Waals surface area contributed by atoms with Gasteiger partial charge in [-0.05, 0) is 19.1 Å². The monoisotopic (exact) mass is 176 g/mol. The van der Waals surface area contributed by atoms with E-state index in [1.54, 1.807) is 19.2 Å². The van der Waals surface area contributed by atoms with Crippen molar-refractivity contribution < 1.29 is 4.74 Å². The fourth-order valence-corrected chi connectivity index (χ4v) is 1.08. The summed E-state index contributed by atoms with van der Waals surface area (Å²) >= 11 is 0. The van der Waals surface area contributed by atoms with E-state index in [2.05, 4.69) is 11.4 Å². The standard InChI is InChI=1S/C10H12N2O/c1-3-12-10-6-9(13-2)5-4-8(10)7-11/h4-6,12H,3H2,1-2H3. The summed E-state index contributed by atoms with van der Waals surface area (Å²) in [7, 11) is 1.61. The van der Waals surface area contributed by atoms with Gasteiger partial charge in [-0.3, -0.25) is 0 Å². The topological polar surface area (TPSA) is 45.0 Å². The van der Waals surface area contributed by atoms with Gasteiger partial charge in [-0.2, -0.15) is 5.26 Å². The maximum atomic E-state index is 8.78. The lowest BCUT2D eigenvalue weighted by atomic mass is 10.2. The molecule has 0 aromatic heterocycles. The Morgan fingerprint density at radius 2 is 2.31 bits per heavy atom. The molecule has 0 saturated heterocycles. The van der Waals surface area contributed by atoms with Crippen LogP contribution in [0.15, 0.2) is 18.2 Å². The second-order valence-electron chi connectivity index (χ2n) is 2.55. The molecule has 13 heavy (non-hydrogen) atoms. The summed E-state index contributed by atoms with van der Waals surface area (Å²) in [5.74, 6) is 0.759. The number of nitriles is 1. The molecule has 3 heteroatoms. The van der Waals surface area contributed by atoms with Gasteiger partial charge in [0.25, 0.3) is 0 Å². The Hall–Kier alpha value is -1.69. The van der Waals surface area contributed by atoms with E-state index >= 15 is 0 Å². The van der Waals surface area contributed by atoms with Crippen LogP contribution in [0.5, 0.6) is 5.75 Å². The summed E-state index contributed by atoms with van der Waals surface area (Å²) in [6.07, 6.45) is 0.